The molecule has 0 aliphatic rings. The average molecular weight is 273 g/mol. The second-order valence-corrected chi connectivity index (χ2v) is 3.99. The number of carbonyl (C=O) groups excluding carboxylic acids is 1. The fraction of sp³-hybridized carbons (Fsp3) is 0.444. The van der Waals surface area contributed by atoms with Gasteiger partial charge in [-0.15, -0.1) is 0 Å². The van der Waals surface area contributed by atoms with Crippen molar-refractivity contribution in [2.45, 2.75) is 18.5 Å². The summed E-state index contributed by atoms with van der Waals surface area (Å²) in [7, 11) is 0. The van der Waals surface area contributed by atoms with E-state index in [4.69, 9.17) is 0 Å². The number of amides is 1. The third kappa shape index (κ3) is 3.39. The van der Waals surface area contributed by atoms with Crippen molar-refractivity contribution < 1.29 is 26.7 Å². The highest BCUT2D eigenvalue weighted by atomic mass is 32.1. The molecule has 1 heterocycles. The van der Waals surface area contributed by atoms with E-state index in [1.54, 1.807) is 22.1 Å². The molecule has 0 fully saturated rings. The van der Waals surface area contributed by atoms with E-state index in [2.05, 4.69) is 0 Å². The Kier molecular flexibility index (Phi) is 4.07. The standard InChI is InChI=1S/C9H8F5NOS/c10-8(11,9(12,13)14)7(16)15-3-1-6-2-4-17-5-6/h2,4-5H,1,3H2,(H,15,16). The quantitative estimate of drug-likeness (QED) is 0.839. The zero-order valence-corrected chi connectivity index (χ0v) is 9.17. The van der Waals surface area contributed by atoms with Crippen molar-refractivity contribution in [1.29, 1.82) is 0 Å². The molecule has 1 aromatic heterocycles. The van der Waals surface area contributed by atoms with Crippen LogP contribution in [0.15, 0.2) is 16.8 Å². The van der Waals surface area contributed by atoms with Crippen molar-refractivity contribution in [3.63, 3.8) is 0 Å². The second-order valence-electron chi connectivity index (χ2n) is 3.21. The highest BCUT2D eigenvalue weighted by Gasteiger charge is 2.63. The molecule has 0 aromatic carbocycles. The molecule has 0 saturated carbocycles. The Morgan fingerprint density at radius 2 is 1.94 bits per heavy atom. The smallest absolute Gasteiger partial charge is 0.350 e. The fourth-order valence-electron chi connectivity index (χ4n) is 0.995. The first-order valence-electron chi connectivity index (χ1n) is 4.49. The lowest BCUT2D eigenvalue weighted by atomic mass is 10.2. The maximum absolute atomic E-state index is 12.5. The highest BCUT2D eigenvalue weighted by molar-refractivity contribution is 7.07. The number of halogens is 5. The summed E-state index contributed by atoms with van der Waals surface area (Å²) in [6.45, 7) is -0.263. The van der Waals surface area contributed by atoms with Crippen molar-refractivity contribution in [3.8, 4) is 0 Å². The van der Waals surface area contributed by atoms with Crippen molar-refractivity contribution in [3.05, 3.63) is 22.4 Å². The maximum atomic E-state index is 12.5. The summed E-state index contributed by atoms with van der Waals surface area (Å²) in [5.74, 6) is -7.66. The third-order valence-corrected chi connectivity index (χ3v) is 2.65. The van der Waals surface area contributed by atoms with Gasteiger partial charge < -0.3 is 5.32 Å². The van der Waals surface area contributed by atoms with Crippen LogP contribution in [0.4, 0.5) is 22.0 Å². The molecule has 2 nitrogen and oxygen atoms in total. The molecule has 1 rings (SSSR count). The van der Waals surface area contributed by atoms with E-state index >= 15 is 0 Å². The lowest BCUT2D eigenvalue weighted by molar-refractivity contribution is -0.269. The molecule has 96 valence electrons. The number of hydrogen-bond donors (Lipinski definition) is 1. The van der Waals surface area contributed by atoms with Gasteiger partial charge >= 0.3 is 12.1 Å². The molecule has 8 heteroatoms. The molecule has 1 N–H and O–H groups in total. The van der Waals surface area contributed by atoms with Crippen LogP contribution in [0.25, 0.3) is 0 Å². The summed E-state index contributed by atoms with van der Waals surface area (Å²) in [5, 5.41) is 5.02. The molecule has 0 unspecified atom stereocenters. The summed E-state index contributed by atoms with van der Waals surface area (Å²) in [4.78, 5) is 10.7. The predicted molar refractivity (Wildman–Crippen MR) is 52.0 cm³/mol. The fourth-order valence-corrected chi connectivity index (χ4v) is 1.70. The molecule has 0 radical (unpaired) electrons. The SMILES string of the molecule is O=C(NCCc1ccsc1)C(F)(F)C(F)(F)F. The second kappa shape index (κ2) is 4.99. The molecule has 1 aromatic rings. The van der Waals surface area contributed by atoms with Crippen LogP contribution in [-0.2, 0) is 11.2 Å². The first kappa shape index (κ1) is 13.9. The summed E-state index contributed by atoms with van der Waals surface area (Å²) in [6.07, 6.45) is -5.65. The van der Waals surface area contributed by atoms with Gasteiger partial charge in [0.25, 0.3) is 5.91 Å². The molecule has 0 atom stereocenters. The van der Waals surface area contributed by atoms with Gasteiger partial charge in [0.15, 0.2) is 0 Å². The van der Waals surface area contributed by atoms with Gasteiger partial charge in [-0.25, -0.2) is 0 Å². The van der Waals surface area contributed by atoms with Gasteiger partial charge in [0, 0.05) is 6.54 Å². The zero-order chi connectivity index (χ0) is 13.1. The molecule has 0 saturated heterocycles. The Balaban J connectivity index is 2.45. The summed E-state index contributed by atoms with van der Waals surface area (Å²) < 4.78 is 60.2. The molecule has 0 bridgehead atoms. The van der Waals surface area contributed by atoms with E-state index in [9.17, 15) is 26.7 Å². The van der Waals surface area contributed by atoms with Crippen LogP contribution in [0.2, 0.25) is 0 Å². The molecular formula is C9H8F5NOS. The normalized spacial score (nSPS) is 12.5. The molecule has 0 aliphatic heterocycles. The largest absolute Gasteiger partial charge is 0.463 e. The van der Waals surface area contributed by atoms with Crippen LogP contribution in [0, 0.1) is 0 Å². The van der Waals surface area contributed by atoms with Crippen LogP contribution < -0.4 is 5.32 Å². The Hall–Kier alpha value is -1.18. The number of hydrogen-bond acceptors (Lipinski definition) is 2. The van der Waals surface area contributed by atoms with Gasteiger partial charge in [-0.2, -0.15) is 33.3 Å². The first-order valence-corrected chi connectivity index (χ1v) is 5.43. The van der Waals surface area contributed by atoms with Crippen LogP contribution >= 0.6 is 11.3 Å². The Morgan fingerprint density at radius 3 is 2.41 bits per heavy atom. The van der Waals surface area contributed by atoms with Gasteiger partial charge in [0.2, 0.25) is 0 Å². The minimum atomic E-state index is -5.86. The highest BCUT2D eigenvalue weighted by Crippen LogP contribution is 2.35. The van der Waals surface area contributed by atoms with E-state index in [-0.39, 0.29) is 13.0 Å². The van der Waals surface area contributed by atoms with E-state index in [0.717, 1.165) is 5.56 Å². The lowest BCUT2D eigenvalue weighted by Crippen LogP contribution is -2.50. The number of nitrogens with one attached hydrogen (secondary N) is 1. The molecule has 0 spiro atoms. The maximum Gasteiger partial charge on any atom is 0.463 e. The van der Waals surface area contributed by atoms with Gasteiger partial charge in [0.05, 0.1) is 0 Å². The summed E-state index contributed by atoms with van der Waals surface area (Å²) >= 11 is 1.37. The third-order valence-electron chi connectivity index (χ3n) is 1.92. The van der Waals surface area contributed by atoms with Crippen LogP contribution in [-0.4, -0.2) is 24.6 Å². The topological polar surface area (TPSA) is 29.1 Å². The van der Waals surface area contributed by atoms with E-state index in [0.29, 0.717) is 0 Å². The van der Waals surface area contributed by atoms with Gasteiger partial charge in [0.1, 0.15) is 0 Å². The first-order chi connectivity index (χ1) is 7.75. The van der Waals surface area contributed by atoms with Gasteiger partial charge in [-0.1, -0.05) is 0 Å². The van der Waals surface area contributed by atoms with Crippen LogP contribution in [0.5, 0.6) is 0 Å². The van der Waals surface area contributed by atoms with E-state index in [1.165, 1.54) is 11.3 Å². The molecule has 0 aliphatic carbocycles. The predicted octanol–water partition coefficient (Wildman–Crippen LogP) is 2.60. The Morgan fingerprint density at radius 1 is 1.29 bits per heavy atom. The number of thiophene rings is 1. The van der Waals surface area contributed by atoms with Gasteiger partial charge in [-0.05, 0) is 28.8 Å². The summed E-state index contributed by atoms with van der Waals surface area (Å²) in [6, 6.07) is 1.69. The Bertz CT molecular complexity index is 373. The molecule has 17 heavy (non-hydrogen) atoms. The van der Waals surface area contributed by atoms with Crippen molar-refractivity contribution >= 4 is 17.2 Å². The zero-order valence-electron chi connectivity index (χ0n) is 8.35. The van der Waals surface area contributed by atoms with Crippen LogP contribution in [0.1, 0.15) is 5.56 Å². The summed E-state index contributed by atoms with van der Waals surface area (Å²) in [5.41, 5.74) is 0.769. The minimum Gasteiger partial charge on any atom is -0.350 e. The Labute approximate surface area is 97.4 Å². The lowest BCUT2D eigenvalue weighted by Gasteiger charge is -2.18. The van der Waals surface area contributed by atoms with Crippen molar-refractivity contribution in [2.75, 3.05) is 6.54 Å². The average Bonchev–Trinajstić information content (AvgIpc) is 2.68. The number of carbonyl (C=O) groups is 1. The molecule has 1 amide bonds. The van der Waals surface area contributed by atoms with E-state index < -0.39 is 18.0 Å². The van der Waals surface area contributed by atoms with Gasteiger partial charge in [-0.3, -0.25) is 4.79 Å². The van der Waals surface area contributed by atoms with E-state index in [1.807, 2.05) is 0 Å². The number of rotatable bonds is 4. The molecular weight excluding hydrogens is 265 g/mol. The van der Waals surface area contributed by atoms with Crippen molar-refractivity contribution in [1.82, 2.24) is 5.32 Å². The van der Waals surface area contributed by atoms with Crippen molar-refractivity contribution in [2.24, 2.45) is 0 Å². The van der Waals surface area contributed by atoms with Crippen LogP contribution in [0.3, 0.4) is 0 Å². The number of alkyl halides is 5. The monoisotopic (exact) mass is 273 g/mol. The minimum absolute atomic E-state index is 0.211.